The zero-order valence-electron chi connectivity index (χ0n) is 35.8. The maximum Gasteiger partial charge on any atom is 0.137 e. The number of benzene rings is 9. The summed E-state index contributed by atoms with van der Waals surface area (Å²) in [5.74, 6) is 0. The van der Waals surface area contributed by atoms with Crippen molar-refractivity contribution in [2.24, 2.45) is 0 Å². The van der Waals surface area contributed by atoms with Crippen LogP contribution in [-0.4, -0.2) is 4.57 Å². The van der Waals surface area contributed by atoms with E-state index in [1.807, 2.05) is 0 Å². The first kappa shape index (κ1) is 36.1. The smallest absolute Gasteiger partial charge is 0.137 e. The first-order chi connectivity index (χ1) is 30.8. The van der Waals surface area contributed by atoms with E-state index in [2.05, 4.69) is 231 Å². The number of fused-ring (bicyclic) bond motifs is 12. The molecule has 3 heteroatoms. The highest BCUT2D eigenvalue weighted by Crippen LogP contribution is 2.56. The topological polar surface area (TPSA) is 21.3 Å². The van der Waals surface area contributed by atoms with Crippen molar-refractivity contribution >= 4 is 60.8 Å². The van der Waals surface area contributed by atoms with Gasteiger partial charge >= 0.3 is 0 Å². The number of para-hydroxylation sites is 2. The molecule has 63 heavy (non-hydrogen) atoms. The average Bonchev–Trinajstić information content (AvgIpc) is 4.00. The SMILES string of the molecule is CC1(C)c2ccccc2-c2ccc(N(c3cccc4c3-c3ccccc3C4(C)C)c3cccc4oc5cc(-c6ccc7c8ccccc8n(-c8ccccc8)c7c6)ccc5c34)cc21. The van der Waals surface area contributed by atoms with Gasteiger partial charge in [-0.3, -0.25) is 0 Å². The molecule has 11 aromatic rings. The van der Waals surface area contributed by atoms with Crippen molar-refractivity contribution in [2.45, 2.75) is 38.5 Å². The molecule has 2 aliphatic carbocycles. The molecule has 0 radical (unpaired) electrons. The van der Waals surface area contributed by atoms with Crippen molar-refractivity contribution in [3.05, 3.63) is 216 Å². The van der Waals surface area contributed by atoms with Gasteiger partial charge in [-0.25, -0.2) is 0 Å². The molecular formula is C60H44N2O. The standard InChI is InChI=1S/C60H44N2O/c1-59(2)48-22-12-9-20-45(48)57-49(59)23-14-25-52(57)62(40-30-33-42-41-18-8-11-21-47(41)60(3,4)50(42)36-40)53-26-15-27-55-58(53)46-32-29-38(35-56(46)63-55)37-28-31-44-43-19-10-13-24-51(43)61(54(44)34-37)39-16-6-5-7-17-39/h5-36H,1-4H3. The molecule has 0 bridgehead atoms. The van der Waals surface area contributed by atoms with E-state index in [1.165, 1.54) is 72.0 Å². The molecule has 13 rings (SSSR count). The van der Waals surface area contributed by atoms with E-state index >= 15 is 0 Å². The Kier molecular flexibility index (Phi) is 7.42. The van der Waals surface area contributed by atoms with Crippen molar-refractivity contribution < 1.29 is 4.42 Å². The van der Waals surface area contributed by atoms with E-state index in [-0.39, 0.29) is 10.8 Å². The number of rotatable bonds is 5. The van der Waals surface area contributed by atoms with Gasteiger partial charge in [-0.1, -0.05) is 155 Å². The third-order valence-corrected chi connectivity index (χ3v) is 14.4. The van der Waals surface area contributed by atoms with Gasteiger partial charge in [-0.2, -0.15) is 0 Å². The van der Waals surface area contributed by atoms with Crippen LogP contribution in [0.2, 0.25) is 0 Å². The van der Waals surface area contributed by atoms with Crippen molar-refractivity contribution in [2.75, 3.05) is 4.90 Å². The van der Waals surface area contributed by atoms with Gasteiger partial charge in [-0.15, -0.1) is 0 Å². The minimum atomic E-state index is -0.149. The summed E-state index contributed by atoms with van der Waals surface area (Å²) < 4.78 is 9.29. The number of aromatic nitrogens is 1. The molecule has 300 valence electrons. The van der Waals surface area contributed by atoms with Gasteiger partial charge in [0.2, 0.25) is 0 Å². The highest BCUT2D eigenvalue weighted by Gasteiger charge is 2.39. The molecule has 2 aliphatic rings. The van der Waals surface area contributed by atoms with Gasteiger partial charge in [0.25, 0.3) is 0 Å². The molecule has 0 atom stereocenters. The zero-order valence-corrected chi connectivity index (χ0v) is 35.8. The molecule has 0 aliphatic heterocycles. The number of furan rings is 1. The molecule has 0 N–H and O–H groups in total. The van der Waals surface area contributed by atoms with Crippen molar-refractivity contribution in [1.29, 1.82) is 0 Å². The minimum absolute atomic E-state index is 0.140. The van der Waals surface area contributed by atoms with Crippen LogP contribution < -0.4 is 4.90 Å². The van der Waals surface area contributed by atoms with Crippen LogP contribution in [0, 0.1) is 0 Å². The summed E-state index contributed by atoms with van der Waals surface area (Å²) in [5.41, 5.74) is 21.3. The fraction of sp³-hybridized carbons (Fsp3) is 0.100. The molecule has 3 nitrogen and oxygen atoms in total. The lowest BCUT2D eigenvalue weighted by Crippen LogP contribution is -2.17. The van der Waals surface area contributed by atoms with Crippen LogP contribution >= 0.6 is 0 Å². The summed E-state index contributed by atoms with van der Waals surface area (Å²) in [5, 5.41) is 4.69. The van der Waals surface area contributed by atoms with Gasteiger partial charge in [0.1, 0.15) is 11.2 Å². The van der Waals surface area contributed by atoms with E-state index in [1.54, 1.807) is 0 Å². The lowest BCUT2D eigenvalue weighted by atomic mass is 9.82. The third-order valence-electron chi connectivity index (χ3n) is 14.4. The fourth-order valence-electron chi connectivity index (χ4n) is 11.3. The maximum absolute atomic E-state index is 6.91. The predicted molar refractivity (Wildman–Crippen MR) is 263 cm³/mol. The quantitative estimate of drug-likeness (QED) is 0.173. The second-order valence-corrected chi connectivity index (χ2v) is 18.5. The minimum Gasteiger partial charge on any atom is -0.456 e. The number of anilines is 3. The monoisotopic (exact) mass is 808 g/mol. The molecule has 0 unspecified atom stereocenters. The first-order valence-corrected chi connectivity index (χ1v) is 22.1. The predicted octanol–water partition coefficient (Wildman–Crippen LogP) is 16.4. The van der Waals surface area contributed by atoms with Crippen LogP contribution in [-0.2, 0) is 10.8 Å². The van der Waals surface area contributed by atoms with E-state index < -0.39 is 0 Å². The third kappa shape index (κ3) is 5.02. The van der Waals surface area contributed by atoms with E-state index in [4.69, 9.17) is 4.42 Å². The second-order valence-electron chi connectivity index (χ2n) is 18.5. The van der Waals surface area contributed by atoms with E-state index in [9.17, 15) is 0 Å². The van der Waals surface area contributed by atoms with E-state index in [0.29, 0.717) is 0 Å². The lowest BCUT2D eigenvalue weighted by molar-refractivity contribution is 0.660. The first-order valence-electron chi connectivity index (χ1n) is 22.1. The lowest BCUT2D eigenvalue weighted by Gasteiger charge is -2.31. The summed E-state index contributed by atoms with van der Waals surface area (Å²) >= 11 is 0. The van der Waals surface area contributed by atoms with Crippen molar-refractivity contribution in [3.63, 3.8) is 0 Å². The molecule has 0 amide bonds. The van der Waals surface area contributed by atoms with Crippen LogP contribution in [0.5, 0.6) is 0 Å². The number of nitrogens with zero attached hydrogens (tertiary/aromatic N) is 2. The second kappa shape index (κ2) is 13.0. The molecule has 0 saturated heterocycles. The fourth-order valence-corrected chi connectivity index (χ4v) is 11.3. The Morgan fingerprint density at radius 1 is 0.413 bits per heavy atom. The Hall–Kier alpha value is -7.62. The highest BCUT2D eigenvalue weighted by atomic mass is 16.3. The molecule has 0 fully saturated rings. The Balaban J connectivity index is 1.02. The van der Waals surface area contributed by atoms with Crippen LogP contribution in [0.4, 0.5) is 17.1 Å². The Morgan fingerprint density at radius 2 is 1.03 bits per heavy atom. The van der Waals surface area contributed by atoms with Crippen LogP contribution in [0.3, 0.4) is 0 Å². The highest BCUT2D eigenvalue weighted by molar-refractivity contribution is 6.15. The van der Waals surface area contributed by atoms with E-state index in [0.717, 1.165) is 50.1 Å². The van der Waals surface area contributed by atoms with Crippen molar-refractivity contribution in [1.82, 2.24) is 4.57 Å². The summed E-state index contributed by atoms with van der Waals surface area (Å²) in [6.07, 6.45) is 0. The number of hydrogen-bond acceptors (Lipinski definition) is 2. The van der Waals surface area contributed by atoms with Crippen LogP contribution in [0.15, 0.2) is 199 Å². The van der Waals surface area contributed by atoms with Gasteiger partial charge < -0.3 is 13.9 Å². The van der Waals surface area contributed by atoms with Gasteiger partial charge in [0.05, 0.1) is 27.8 Å². The summed E-state index contributed by atoms with van der Waals surface area (Å²) in [4.78, 5) is 2.51. The molecule has 0 saturated carbocycles. The zero-order chi connectivity index (χ0) is 42.2. The molecule has 2 heterocycles. The normalized spacial score (nSPS) is 14.3. The maximum atomic E-state index is 6.91. The Morgan fingerprint density at radius 3 is 1.87 bits per heavy atom. The Labute approximate surface area is 367 Å². The Bertz CT molecular complexity index is 3690. The van der Waals surface area contributed by atoms with Crippen LogP contribution in [0.25, 0.3) is 82.8 Å². The molecule has 2 aromatic heterocycles. The van der Waals surface area contributed by atoms with Crippen LogP contribution in [0.1, 0.15) is 49.9 Å². The largest absolute Gasteiger partial charge is 0.456 e. The molecule has 9 aromatic carbocycles. The molecule has 0 spiro atoms. The van der Waals surface area contributed by atoms with Gasteiger partial charge in [0, 0.05) is 43.9 Å². The van der Waals surface area contributed by atoms with Crippen molar-refractivity contribution in [3.8, 4) is 39.1 Å². The molecular weight excluding hydrogens is 765 g/mol. The average molecular weight is 809 g/mol. The summed E-state index contributed by atoms with van der Waals surface area (Å²) in [7, 11) is 0. The van der Waals surface area contributed by atoms with Gasteiger partial charge in [-0.05, 0) is 117 Å². The summed E-state index contributed by atoms with van der Waals surface area (Å²) in [6.45, 7) is 9.46. The number of hydrogen-bond donors (Lipinski definition) is 0. The summed E-state index contributed by atoms with van der Waals surface area (Å²) in [6, 6.07) is 71.4. The van der Waals surface area contributed by atoms with Gasteiger partial charge in [0.15, 0.2) is 0 Å².